The third-order valence-electron chi connectivity index (χ3n) is 5.80. The maximum absolute atomic E-state index is 12.8. The van der Waals surface area contributed by atoms with Gasteiger partial charge in [-0.25, -0.2) is 4.68 Å². The molecule has 0 aliphatic carbocycles. The Morgan fingerprint density at radius 2 is 1.72 bits per heavy atom. The van der Waals surface area contributed by atoms with Crippen molar-refractivity contribution < 1.29 is 14.3 Å². The van der Waals surface area contributed by atoms with Crippen LogP contribution in [0.2, 0.25) is 0 Å². The minimum absolute atomic E-state index is 0.0266. The van der Waals surface area contributed by atoms with Crippen molar-refractivity contribution in [1.29, 1.82) is 0 Å². The average Bonchev–Trinajstić information content (AvgIpc) is 3.27. The molecule has 0 bridgehead atoms. The van der Waals surface area contributed by atoms with Crippen LogP contribution in [-0.2, 0) is 4.79 Å². The highest BCUT2D eigenvalue weighted by Gasteiger charge is 2.19. The first-order valence-corrected chi connectivity index (χ1v) is 10.9. The van der Waals surface area contributed by atoms with Crippen LogP contribution in [0.1, 0.15) is 5.56 Å². The molecule has 0 radical (unpaired) electrons. The lowest BCUT2D eigenvalue weighted by Crippen LogP contribution is -2.46. The van der Waals surface area contributed by atoms with E-state index in [0.29, 0.717) is 19.0 Å². The van der Waals surface area contributed by atoms with Crippen LogP contribution in [0.25, 0.3) is 23.0 Å². The number of ether oxygens (including phenoxy) is 2. The van der Waals surface area contributed by atoms with Crippen molar-refractivity contribution in [1.82, 2.24) is 19.6 Å². The molecule has 164 valence electrons. The van der Waals surface area contributed by atoms with Crippen LogP contribution >= 0.6 is 0 Å². The molecular formula is C25H26N4O3. The van der Waals surface area contributed by atoms with Crippen molar-refractivity contribution in [2.45, 2.75) is 0 Å². The molecule has 2 aromatic carbocycles. The molecule has 0 spiro atoms. The molecule has 1 saturated heterocycles. The zero-order valence-corrected chi connectivity index (χ0v) is 18.1. The average molecular weight is 431 g/mol. The third kappa shape index (κ3) is 4.24. The standard InChI is InChI=1S/C25H26N4O3/c1-27-11-13-28(14-12-27)24(30)10-8-20-18-29(21-5-3-2-4-6-21)26-25(20)19-7-9-22-23(17-19)32-16-15-31-22/h2-10,17-18H,11-16H2,1H3. The molecule has 0 unspecified atom stereocenters. The van der Waals surface area contributed by atoms with E-state index >= 15 is 0 Å². The molecule has 1 aromatic heterocycles. The summed E-state index contributed by atoms with van der Waals surface area (Å²) in [4.78, 5) is 16.9. The van der Waals surface area contributed by atoms with E-state index in [9.17, 15) is 4.79 Å². The molecule has 3 aromatic rings. The number of carbonyl (C=O) groups excluding carboxylic acids is 1. The summed E-state index contributed by atoms with van der Waals surface area (Å²) in [6.07, 6.45) is 5.47. The molecule has 5 rings (SSSR count). The zero-order chi connectivity index (χ0) is 21.9. The van der Waals surface area contributed by atoms with Crippen LogP contribution < -0.4 is 9.47 Å². The van der Waals surface area contributed by atoms with E-state index in [1.54, 1.807) is 6.08 Å². The monoisotopic (exact) mass is 430 g/mol. The summed E-state index contributed by atoms with van der Waals surface area (Å²) in [5.41, 5.74) is 3.52. The third-order valence-corrected chi connectivity index (χ3v) is 5.80. The minimum atomic E-state index is 0.0266. The van der Waals surface area contributed by atoms with Crippen LogP contribution in [0.4, 0.5) is 0 Å². The Morgan fingerprint density at radius 1 is 0.969 bits per heavy atom. The summed E-state index contributed by atoms with van der Waals surface area (Å²) in [7, 11) is 2.08. The molecule has 7 nitrogen and oxygen atoms in total. The largest absolute Gasteiger partial charge is 0.486 e. The van der Waals surface area contributed by atoms with Gasteiger partial charge in [0.1, 0.15) is 18.9 Å². The van der Waals surface area contributed by atoms with Gasteiger partial charge in [0, 0.05) is 49.6 Å². The Morgan fingerprint density at radius 3 is 2.50 bits per heavy atom. The molecule has 3 heterocycles. The number of likely N-dealkylation sites (N-methyl/N-ethyl adjacent to an activating group) is 1. The van der Waals surface area contributed by atoms with E-state index < -0.39 is 0 Å². The lowest BCUT2D eigenvalue weighted by Gasteiger charge is -2.31. The van der Waals surface area contributed by atoms with Crippen molar-refractivity contribution in [2.24, 2.45) is 0 Å². The number of piperazine rings is 1. The van der Waals surface area contributed by atoms with Gasteiger partial charge in [-0.05, 0) is 43.5 Å². The minimum Gasteiger partial charge on any atom is -0.486 e. The molecule has 0 atom stereocenters. The van der Waals surface area contributed by atoms with Crippen molar-refractivity contribution in [3.8, 4) is 28.4 Å². The van der Waals surface area contributed by atoms with Gasteiger partial charge in [0.25, 0.3) is 0 Å². The van der Waals surface area contributed by atoms with Gasteiger partial charge in [-0.15, -0.1) is 0 Å². The van der Waals surface area contributed by atoms with E-state index in [-0.39, 0.29) is 5.91 Å². The number of fused-ring (bicyclic) bond motifs is 1. The van der Waals surface area contributed by atoms with Crippen LogP contribution in [0.3, 0.4) is 0 Å². The number of nitrogens with zero attached hydrogens (tertiary/aromatic N) is 4. The topological polar surface area (TPSA) is 59.8 Å². The molecule has 32 heavy (non-hydrogen) atoms. The van der Waals surface area contributed by atoms with Gasteiger partial charge in [-0.2, -0.15) is 5.10 Å². The van der Waals surface area contributed by atoms with Gasteiger partial charge >= 0.3 is 0 Å². The lowest BCUT2D eigenvalue weighted by molar-refractivity contribution is -0.127. The van der Waals surface area contributed by atoms with Crippen LogP contribution in [0, 0.1) is 0 Å². The number of hydrogen-bond donors (Lipinski definition) is 0. The van der Waals surface area contributed by atoms with Crippen LogP contribution in [0.5, 0.6) is 11.5 Å². The second-order valence-electron chi connectivity index (χ2n) is 8.03. The molecule has 0 saturated carbocycles. The lowest BCUT2D eigenvalue weighted by atomic mass is 10.1. The fourth-order valence-corrected chi connectivity index (χ4v) is 3.93. The van der Waals surface area contributed by atoms with Gasteiger partial charge in [0.2, 0.25) is 5.91 Å². The Labute approximate surface area is 187 Å². The molecule has 0 N–H and O–H groups in total. The predicted octanol–water partition coefficient (Wildman–Crippen LogP) is 3.10. The van der Waals surface area contributed by atoms with Gasteiger partial charge in [0.15, 0.2) is 11.5 Å². The summed E-state index contributed by atoms with van der Waals surface area (Å²) in [6.45, 7) is 4.37. The maximum atomic E-state index is 12.8. The van der Waals surface area contributed by atoms with Crippen LogP contribution in [0.15, 0.2) is 60.8 Å². The van der Waals surface area contributed by atoms with E-state index in [2.05, 4.69) is 11.9 Å². The molecule has 1 fully saturated rings. The highest BCUT2D eigenvalue weighted by atomic mass is 16.6. The Kier molecular flexibility index (Phi) is 5.64. The number of benzene rings is 2. The highest BCUT2D eigenvalue weighted by molar-refractivity contribution is 5.93. The second-order valence-corrected chi connectivity index (χ2v) is 8.03. The summed E-state index contributed by atoms with van der Waals surface area (Å²) in [5.74, 6) is 1.48. The fraction of sp³-hybridized carbons (Fsp3) is 0.280. The normalized spacial score (nSPS) is 16.5. The van der Waals surface area contributed by atoms with Crippen molar-refractivity contribution >= 4 is 12.0 Å². The number of carbonyl (C=O) groups is 1. The quantitative estimate of drug-likeness (QED) is 0.596. The molecular weight excluding hydrogens is 404 g/mol. The number of para-hydroxylation sites is 1. The van der Waals surface area contributed by atoms with Crippen molar-refractivity contribution in [3.05, 3.63) is 66.4 Å². The van der Waals surface area contributed by atoms with E-state index in [0.717, 1.165) is 54.4 Å². The number of hydrogen-bond acceptors (Lipinski definition) is 5. The van der Waals surface area contributed by atoms with Gasteiger partial charge < -0.3 is 19.3 Å². The van der Waals surface area contributed by atoms with E-state index in [1.807, 2.05) is 70.4 Å². The molecule has 2 aliphatic heterocycles. The summed E-state index contributed by atoms with van der Waals surface area (Å²) in [5, 5.41) is 4.84. The first-order chi connectivity index (χ1) is 15.7. The molecule has 2 aliphatic rings. The summed E-state index contributed by atoms with van der Waals surface area (Å²) >= 11 is 0. The van der Waals surface area contributed by atoms with Gasteiger partial charge in [0.05, 0.1) is 5.69 Å². The summed E-state index contributed by atoms with van der Waals surface area (Å²) in [6, 6.07) is 15.8. The number of amides is 1. The van der Waals surface area contributed by atoms with Crippen molar-refractivity contribution in [2.75, 3.05) is 46.4 Å². The number of rotatable bonds is 4. The fourth-order valence-electron chi connectivity index (χ4n) is 3.93. The first kappa shape index (κ1) is 20.3. The Balaban J connectivity index is 1.48. The van der Waals surface area contributed by atoms with Crippen LogP contribution in [-0.4, -0.2) is 71.9 Å². The predicted molar refractivity (Wildman–Crippen MR) is 123 cm³/mol. The molecule has 1 amide bonds. The zero-order valence-electron chi connectivity index (χ0n) is 18.1. The first-order valence-electron chi connectivity index (χ1n) is 10.9. The van der Waals surface area contributed by atoms with E-state index in [4.69, 9.17) is 14.6 Å². The Hall–Kier alpha value is -3.58. The SMILES string of the molecule is CN1CCN(C(=O)C=Cc2cn(-c3ccccc3)nc2-c2ccc3c(c2)OCCO3)CC1. The van der Waals surface area contributed by atoms with Gasteiger partial charge in [-0.1, -0.05) is 18.2 Å². The van der Waals surface area contributed by atoms with E-state index in [1.165, 1.54) is 0 Å². The number of aromatic nitrogens is 2. The smallest absolute Gasteiger partial charge is 0.246 e. The van der Waals surface area contributed by atoms with Crippen molar-refractivity contribution in [3.63, 3.8) is 0 Å². The second kappa shape index (κ2) is 8.88. The van der Waals surface area contributed by atoms with Gasteiger partial charge in [-0.3, -0.25) is 4.79 Å². The highest BCUT2D eigenvalue weighted by Crippen LogP contribution is 2.35. The maximum Gasteiger partial charge on any atom is 0.246 e. The Bertz CT molecular complexity index is 1130. The molecule has 7 heteroatoms. The summed E-state index contributed by atoms with van der Waals surface area (Å²) < 4.78 is 13.3.